The lowest BCUT2D eigenvalue weighted by molar-refractivity contribution is 0.0951. The molecular formula is C20H18ClN3O2. The maximum atomic E-state index is 12.2. The van der Waals surface area contributed by atoms with Crippen molar-refractivity contribution >= 4 is 23.3 Å². The normalized spacial score (nSPS) is 10.4. The number of nitrogens with one attached hydrogen (secondary N) is 1. The molecule has 1 amide bonds. The van der Waals surface area contributed by atoms with Gasteiger partial charge in [-0.15, -0.1) is 0 Å². The number of nitrogens with zero attached hydrogens (tertiary/aromatic N) is 1. The predicted octanol–water partition coefficient (Wildman–Crippen LogP) is 4.35. The maximum absolute atomic E-state index is 12.2. The van der Waals surface area contributed by atoms with E-state index in [1.807, 2.05) is 43.3 Å². The molecule has 0 bridgehead atoms. The Balaban J connectivity index is 1.60. The summed E-state index contributed by atoms with van der Waals surface area (Å²) in [5, 5.41) is 3.45. The number of ether oxygens (including phenoxy) is 1. The first-order valence-electron chi connectivity index (χ1n) is 8.05. The molecule has 6 heteroatoms. The van der Waals surface area contributed by atoms with Crippen molar-refractivity contribution in [3.05, 3.63) is 82.5 Å². The van der Waals surface area contributed by atoms with Gasteiger partial charge in [0, 0.05) is 17.3 Å². The van der Waals surface area contributed by atoms with Crippen LogP contribution in [0.3, 0.4) is 0 Å². The molecule has 3 aromatic rings. The summed E-state index contributed by atoms with van der Waals surface area (Å²) < 4.78 is 5.74. The standard InChI is InChI=1S/C20H18ClN3O2/c1-13-5-10-18(19(22)24-13)20(25)23-12-14-6-8-16(9-7-14)26-17-4-2-3-15(21)11-17/h2-11H,12H2,1H3,(H2,22,24)(H,23,25). The van der Waals surface area contributed by atoms with Crippen LogP contribution in [0.15, 0.2) is 60.7 Å². The van der Waals surface area contributed by atoms with Gasteiger partial charge in [-0.2, -0.15) is 0 Å². The van der Waals surface area contributed by atoms with Gasteiger partial charge in [-0.05, 0) is 55.0 Å². The average molecular weight is 368 g/mol. The molecule has 0 radical (unpaired) electrons. The van der Waals surface area contributed by atoms with Crippen molar-refractivity contribution in [2.75, 3.05) is 5.73 Å². The topological polar surface area (TPSA) is 77.2 Å². The molecule has 0 aliphatic heterocycles. The van der Waals surface area contributed by atoms with Crippen LogP contribution in [0.2, 0.25) is 5.02 Å². The second kappa shape index (κ2) is 7.89. The summed E-state index contributed by atoms with van der Waals surface area (Å²) >= 11 is 5.94. The van der Waals surface area contributed by atoms with Crippen LogP contribution < -0.4 is 15.8 Å². The quantitative estimate of drug-likeness (QED) is 0.702. The van der Waals surface area contributed by atoms with Gasteiger partial charge in [0.1, 0.15) is 17.3 Å². The first-order chi connectivity index (χ1) is 12.5. The highest BCUT2D eigenvalue weighted by atomic mass is 35.5. The van der Waals surface area contributed by atoms with Crippen LogP contribution >= 0.6 is 11.6 Å². The minimum absolute atomic E-state index is 0.229. The third-order valence-electron chi connectivity index (χ3n) is 3.72. The summed E-state index contributed by atoms with van der Waals surface area (Å²) in [4.78, 5) is 16.3. The third kappa shape index (κ3) is 4.52. The molecule has 2 aromatic carbocycles. The summed E-state index contributed by atoms with van der Waals surface area (Å²) in [6, 6.07) is 18.1. The lowest BCUT2D eigenvalue weighted by Crippen LogP contribution is -2.24. The van der Waals surface area contributed by atoms with Crippen molar-refractivity contribution in [1.82, 2.24) is 10.3 Å². The van der Waals surface area contributed by atoms with Gasteiger partial charge < -0.3 is 15.8 Å². The maximum Gasteiger partial charge on any atom is 0.255 e. The Morgan fingerprint density at radius 3 is 2.58 bits per heavy atom. The average Bonchev–Trinajstić information content (AvgIpc) is 2.61. The number of hydrogen-bond donors (Lipinski definition) is 2. The van der Waals surface area contributed by atoms with Crippen molar-refractivity contribution in [2.45, 2.75) is 13.5 Å². The number of carbonyl (C=O) groups excluding carboxylic acids is 1. The lowest BCUT2D eigenvalue weighted by Gasteiger charge is -2.09. The molecule has 0 aliphatic rings. The second-order valence-corrected chi connectivity index (χ2v) is 6.21. The molecule has 0 saturated heterocycles. The van der Waals surface area contributed by atoms with E-state index in [0.717, 1.165) is 11.3 Å². The molecule has 26 heavy (non-hydrogen) atoms. The fourth-order valence-corrected chi connectivity index (χ4v) is 2.57. The van der Waals surface area contributed by atoms with E-state index in [1.54, 1.807) is 24.3 Å². The Bertz CT molecular complexity index is 927. The third-order valence-corrected chi connectivity index (χ3v) is 3.95. The summed E-state index contributed by atoms with van der Waals surface area (Å²) in [5.41, 5.74) is 7.88. The first kappa shape index (κ1) is 17.8. The number of rotatable bonds is 5. The number of nitrogen functional groups attached to an aromatic ring is 1. The molecule has 0 fully saturated rings. The largest absolute Gasteiger partial charge is 0.457 e. The molecule has 5 nitrogen and oxygen atoms in total. The minimum atomic E-state index is -0.255. The van der Waals surface area contributed by atoms with Crippen molar-refractivity contribution in [3.63, 3.8) is 0 Å². The number of anilines is 1. The Kier molecular flexibility index (Phi) is 5.39. The Morgan fingerprint density at radius 2 is 1.88 bits per heavy atom. The molecule has 0 spiro atoms. The zero-order valence-electron chi connectivity index (χ0n) is 14.2. The molecule has 1 heterocycles. The van der Waals surface area contributed by atoms with Crippen LogP contribution in [0, 0.1) is 6.92 Å². The van der Waals surface area contributed by atoms with E-state index in [1.165, 1.54) is 0 Å². The van der Waals surface area contributed by atoms with E-state index in [-0.39, 0.29) is 11.7 Å². The number of nitrogens with two attached hydrogens (primary N) is 1. The van der Waals surface area contributed by atoms with Crippen LogP contribution in [0.5, 0.6) is 11.5 Å². The Labute approximate surface area is 156 Å². The van der Waals surface area contributed by atoms with Crippen LogP contribution in [-0.2, 0) is 6.54 Å². The van der Waals surface area contributed by atoms with Crippen molar-refractivity contribution in [3.8, 4) is 11.5 Å². The van der Waals surface area contributed by atoms with Crippen molar-refractivity contribution < 1.29 is 9.53 Å². The molecule has 1 aromatic heterocycles. The molecule has 3 rings (SSSR count). The van der Waals surface area contributed by atoms with Crippen molar-refractivity contribution in [2.24, 2.45) is 0 Å². The zero-order chi connectivity index (χ0) is 18.5. The van der Waals surface area contributed by atoms with Crippen LogP contribution in [0.1, 0.15) is 21.6 Å². The highest BCUT2D eigenvalue weighted by Crippen LogP contribution is 2.24. The highest BCUT2D eigenvalue weighted by Gasteiger charge is 2.10. The number of hydrogen-bond acceptors (Lipinski definition) is 4. The van der Waals surface area contributed by atoms with Gasteiger partial charge >= 0.3 is 0 Å². The summed E-state index contributed by atoms with van der Waals surface area (Å²) in [6.45, 7) is 2.20. The van der Waals surface area contributed by atoms with Gasteiger partial charge in [0.05, 0.1) is 5.56 Å². The molecule has 0 unspecified atom stereocenters. The molecule has 0 atom stereocenters. The molecule has 0 saturated carbocycles. The number of amides is 1. The van der Waals surface area contributed by atoms with Gasteiger partial charge in [0.25, 0.3) is 5.91 Å². The number of carbonyl (C=O) groups is 1. The summed E-state index contributed by atoms with van der Waals surface area (Å²) in [5.74, 6) is 1.33. The fraction of sp³-hybridized carbons (Fsp3) is 0.100. The Morgan fingerprint density at radius 1 is 1.12 bits per heavy atom. The SMILES string of the molecule is Cc1ccc(C(=O)NCc2ccc(Oc3cccc(Cl)c3)cc2)c(N)n1. The summed E-state index contributed by atoms with van der Waals surface area (Å²) in [7, 11) is 0. The van der Waals surface area contributed by atoms with Gasteiger partial charge in [0.2, 0.25) is 0 Å². The zero-order valence-corrected chi connectivity index (χ0v) is 15.0. The Hall–Kier alpha value is -3.05. The van der Waals surface area contributed by atoms with Gasteiger partial charge in [-0.25, -0.2) is 4.98 Å². The monoisotopic (exact) mass is 367 g/mol. The smallest absolute Gasteiger partial charge is 0.255 e. The van der Waals surface area contributed by atoms with Crippen LogP contribution in [0.25, 0.3) is 0 Å². The number of benzene rings is 2. The van der Waals surface area contributed by atoms with E-state index in [2.05, 4.69) is 10.3 Å². The van der Waals surface area contributed by atoms with Crippen LogP contribution in [0.4, 0.5) is 5.82 Å². The molecule has 132 valence electrons. The molecular weight excluding hydrogens is 350 g/mol. The number of aromatic nitrogens is 1. The highest BCUT2D eigenvalue weighted by molar-refractivity contribution is 6.30. The predicted molar refractivity (Wildman–Crippen MR) is 103 cm³/mol. The minimum Gasteiger partial charge on any atom is -0.457 e. The number of halogens is 1. The summed E-state index contributed by atoms with van der Waals surface area (Å²) in [6.07, 6.45) is 0. The molecule has 3 N–H and O–H groups in total. The van der Waals surface area contributed by atoms with E-state index in [4.69, 9.17) is 22.1 Å². The van der Waals surface area contributed by atoms with Crippen LogP contribution in [-0.4, -0.2) is 10.9 Å². The fourth-order valence-electron chi connectivity index (χ4n) is 2.39. The van der Waals surface area contributed by atoms with Gasteiger partial charge in [-0.1, -0.05) is 29.8 Å². The van der Waals surface area contributed by atoms with Gasteiger partial charge in [-0.3, -0.25) is 4.79 Å². The number of aryl methyl sites for hydroxylation is 1. The second-order valence-electron chi connectivity index (χ2n) is 5.77. The molecule has 0 aliphatic carbocycles. The van der Waals surface area contributed by atoms with Crippen molar-refractivity contribution in [1.29, 1.82) is 0 Å². The first-order valence-corrected chi connectivity index (χ1v) is 8.43. The number of pyridine rings is 1. The van der Waals surface area contributed by atoms with Gasteiger partial charge in [0.15, 0.2) is 0 Å². The lowest BCUT2D eigenvalue weighted by atomic mass is 10.2. The van der Waals surface area contributed by atoms with E-state index in [9.17, 15) is 4.79 Å². The van der Waals surface area contributed by atoms with E-state index < -0.39 is 0 Å². The van der Waals surface area contributed by atoms with E-state index in [0.29, 0.717) is 28.6 Å². The van der Waals surface area contributed by atoms with E-state index >= 15 is 0 Å².